The van der Waals surface area contributed by atoms with E-state index in [1.54, 1.807) is 18.2 Å². The van der Waals surface area contributed by atoms with Crippen LogP contribution in [0, 0.1) is 5.82 Å². The summed E-state index contributed by atoms with van der Waals surface area (Å²) in [5, 5.41) is 4.44. The molecular formula is C16H16Cl2FN. The Hall–Kier alpha value is -1.09. The molecule has 1 atom stereocenters. The van der Waals surface area contributed by atoms with E-state index in [1.165, 1.54) is 6.07 Å². The van der Waals surface area contributed by atoms with Gasteiger partial charge in [0.05, 0.1) is 6.04 Å². The molecule has 0 amide bonds. The smallest absolute Gasteiger partial charge is 0.128 e. The van der Waals surface area contributed by atoms with Crippen LogP contribution in [0.2, 0.25) is 10.0 Å². The Morgan fingerprint density at radius 3 is 2.35 bits per heavy atom. The number of nitrogens with one attached hydrogen (secondary N) is 1. The molecule has 0 saturated carbocycles. The van der Waals surface area contributed by atoms with Crippen LogP contribution in [0.15, 0.2) is 42.5 Å². The lowest BCUT2D eigenvalue weighted by atomic mass is 9.98. The highest BCUT2D eigenvalue weighted by molar-refractivity contribution is 6.34. The standard InChI is InChI=1S/C16H16Cl2FN/c1-2-7-20-16(14-5-3-4-6-15(14)19)11-8-12(17)10-13(18)9-11/h3-6,8-10,16,20H,2,7H2,1H3. The normalized spacial score (nSPS) is 12.4. The van der Waals surface area contributed by atoms with Crippen molar-refractivity contribution in [1.82, 2.24) is 5.32 Å². The molecule has 0 saturated heterocycles. The van der Waals surface area contributed by atoms with Gasteiger partial charge in [0.15, 0.2) is 0 Å². The Morgan fingerprint density at radius 2 is 1.75 bits per heavy atom. The first-order valence-corrected chi connectivity index (χ1v) is 7.31. The monoisotopic (exact) mass is 311 g/mol. The van der Waals surface area contributed by atoms with Gasteiger partial charge in [-0.25, -0.2) is 4.39 Å². The van der Waals surface area contributed by atoms with Crippen LogP contribution >= 0.6 is 23.2 Å². The van der Waals surface area contributed by atoms with E-state index in [2.05, 4.69) is 12.2 Å². The van der Waals surface area contributed by atoms with Gasteiger partial charge in [0.1, 0.15) is 5.82 Å². The van der Waals surface area contributed by atoms with Gasteiger partial charge in [-0.15, -0.1) is 0 Å². The van der Waals surface area contributed by atoms with Gasteiger partial charge in [-0.2, -0.15) is 0 Å². The Morgan fingerprint density at radius 1 is 1.10 bits per heavy atom. The molecule has 1 nitrogen and oxygen atoms in total. The highest BCUT2D eigenvalue weighted by Crippen LogP contribution is 2.29. The Kier molecular flexibility index (Phi) is 5.41. The molecule has 20 heavy (non-hydrogen) atoms. The Labute approximate surface area is 128 Å². The van der Waals surface area contributed by atoms with Crippen LogP contribution in [0.5, 0.6) is 0 Å². The topological polar surface area (TPSA) is 12.0 Å². The predicted octanol–water partition coefficient (Wildman–Crippen LogP) is 5.22. The fourth-order valence-electron chi connectivity index (χ4n) is 2.15. The van der Waals surface area contributed by atoms with Crippen molar-refractivity contribution >= 4 is 23.2 Å². The number of rotatable bonds is 5. The van der Waals surface area contributed by atoms with E-state index in [0.717, 1.165) is 18.5 Å². The summed E-state index contributed by atoms with van der Waals surface area (Å²) in [4.78, 5) is 0. The summed E-state index contributed by atoms with van der Waals surface area (Å²) in [7, 11) is 0. The first-order chi connectivity index (χ1) is 9.61. The maximum Gasteiger partial charge on any atom is 0.128 e. The zero-order chi connectivity index (χ0) is 14.5. The molecule has 106 valence electrons. The number of halogens is 3. The summed E-state index contributed by atoms with van der Waals surface area (Å²) in [5.74, 6) is -0.239. The summed E-state index contributed by atoms with van der Waals surface area (Å²) in [6.07, 6.45) is 0.958. The predicted molar refractivity (Wildman–Crippen MR) is 83.0 cm³/mol. The summed E-state index contributed by atoms with van der Waals surface area (Å²) in [5.41, 5.74) is 1.46. The first-order valence-electron chi connectivity index (χ1n) is 6.55. The molecule has 0 aliphatic rings. The molecule has 0 heterocycles. The first kappa shape index (κ1) is 15.3. The van der Waals surface area contributed by atoms with Crippen molar-refractivity contribution in [1.29, 1.82) is 0 Å². The van der Waals surface area contributed by atoms with Crippen molar-refractivity contribution < 1.29 is 4.39 Å². The molecule has 0 spiro atoms. The lowest BCUT2D eigenvalue weighted by molar-refractivity contribution is 0.547. The molecule has 1 unspecified atom stereocenters. The molecular weight excluding hydrogens is 296 g/mol. The highest BCUT2D eigenvalue weighted by Gasteiger charge is 2.17. The Balaban J connectivity index is 2.44. The van der Waals surface area contributed by atoms with Crippen molar-refractivity contribution in [3.63, 3.8) is 0 Å². The third-order valence-corrected chi connectivity index (χ3v) is 3.47. The molecule has 0 bridgehead atoms. The molecule has 0 radical (unpaired) electrons. The van der Waals surface area contributed by atoms with E-state index in [-0.39, 0.29) is 11.9 Å². The van der Waals surface area contributed by atoms with Gasteiger partial charge >= 0.3 is 0 Å². The van der Waals surface area contributed by atoms with Crippen LogP contribution in [0.25, 0.3) is 0 Å². The minimum atomic E-state index is -0.257. The number of hydrogen-bond acceptors (Lipinski definition) is 1. The quantitative estimate of drug-likeness (QED) is 0.798. The van der Waals surface area contributed by atoms with Crippen LogP contribution in [-0.4, -0.2) is 6.54 Å². The summed E-state index contributed by atoms with van der Waals surface area (Å²) >= 11 is 12.1. The van der Waals surface area contributed by atoms with Gasteiger partial charge in [0, 0.05) is 15.6 Å². The van der Waals surface area contributed by atoms with E-state index in [9.17, 15) is 4.39 Å². The van der Waals surface area contributed by atoms with E-state index in [4.69, 9.17) is 23.2 Å². The lowest BCUT2D eigenvalue weighted by Gasteiger charge is -2.20. The van der Waals surface area contributed by atoms with Gasteiger partial charge < -0.3 is 5.32 Å². The molecule has 1 N–H and O–H groups in total. The van der Waals surface area contributed by atoms with Crippen LogP contribution in [0.3, 0.4) is 0 Å². The zero-order valence-corrected chi connectivity index (χ0v) is 12.7. The largest absolute Gasteiger partial charge is 0.306 e. The Bertz CT molecular complexity index is 566. The fraction of sp³-hybridized carbons (Fsp3) is 0.250. The van der Waals surface area contributed by atoms with Crippen LogP contribution < -0.4 is 5.32 Å². The maximum absolute atomic E-state index is 14.0. The van der Waals surface area contributed by atoms with Gasteiger partial charge in [0.2, 0.25) is 0 Å². The third kappa shape index (κ3) is 3.72. The molecule has 0 aliphatic heterocycles. The second-order valence-corrected chi connectivity index (χ2v) is 5.48. The molecule has 0 aromatic heterocycles. The second-order valence-electron chi connectivity index (χ2n) is 4.61. The SMILES string of the molecule is CCCNC(c1cc(Cl)cc(Cl)c1)c1ccccc1F. The van der Waals surface area contributed by atoms with Gasteiger partial charge in [-0.3, -0.25) is 0 Å². The lowest BCUT2D eigenvalue weighted by Crippen LogP contribution is -2.24. The molecule has 0 fully saturated rings. The van der Waals surface area contributed by atoms with Crippen LogP contribution in [0.4, 0.5) is 4.39 Å². The molecule has 4 heteroatoms. The van der Waals surface area contributed by atoms with Crippen molar-refractivity contribution in [2.45, 2.75) is 19.4 Å². The van der Waals surface area contributed by atoms with Crippen molar-refractivity contribution in [2.24, 2.45) is 0 Å². The molecule has 2 aromatic rings. The van der Waals surface area contributed by atoms with Gasteiger partial charge in [-0.05, 0) is 42.8 Å². The van der Waals surface area contributed by atoms with Gasteiger partial charge in [0.25, 0.3) is 0 Å². The minimum absolute atomic E-state index is 0.239. The van der Waals surface area contributed by atoms with Crippen molar-refractivity contribution in [3.05, 3.63) is 69.5 Å². The molecule has 0 aliphatic carbocycles. The highest BCUT2D eigenvalue weighted by atomic mass is 35.5. The summed E-state index contributed by atoms with van der Waals surface area (Å²) in [6, 6.07) is 11.8. The van der Waals surface area contributed by atoms with Gasteiger partial charge in [-0.1, -0.05) is 48.3 Å². The van der Waals surface area contributed by atoms with Crippen LogP contribution in [-0.2, 0) is 0 Å². The molecule has 2 rings (SSSR count). The van der Waals surface area contributed by atoms with Crippen molar-refractivity contribution in [2.75, 3.05) is 6.54 Å². The third-order valence-electron chi connectivity index (χ3n) is 3.03. The second kappa shape index (κ2) is 7.07. The fourth-order valence-corrected chi connectivity index (χ4v) is 2.69. The van der Waals surface area contributed by atoms with E-state index in [1.807, 2.05) is 18.2 Å². The summed E-state index contributed by atoms with van der Waals surface area (Å²) in [6.45, 7) is 2.85. The average Bonchev–Trinajstić information content (AvgIpc) is 2.40. The van der Waals surface area contributed by atoms with E-state index < -0.39 is 0 Å². The number of hydrogen-bond donors (Lipinski definition) is 1. The molecule has 2 aromatic carbocycles. The van der Waals surface area contributed by atoms with E-state index >= 15 is 0 Å². The summed E-state index contributed by atoms with van der Waals surface area (Å²) < 4.78 is 14.0. The number of benzene rings is 2. The maximum atomic E-state index is 14.0. The minimum Gasteiger partial charge on any atom is -0.306 e. The zero-order valence-electron chi connectivity index (χ0n) is 11.2. The van der Waals surface area contributed by atoms with Crippen LogP contribution in [0.1, 0.15) is 30.5 Å². The van der Waals surface area contributed by atoms with E-state index in [0.29, 0.717) is 15.6 Å². The van der Waals surface area contributed by atoms with Crippen molar-refractivity contribution in [3.8, 4) is 0 Å². The average molecular weight is 312 g/mol.